The molecular formula is C24H33N3O5S. The Bertz CT molecular complexity index is 1120. The van der Waals surface area contributed by atoms with E-state index in [-0.39, 0.29) is 29.5 Å². The number of hydrogen-bond donors (Lipinski definition) is 0. The summed E-state index contributed by atoms with van der Waals surface area (Å²) in [6, 6.07) is 9.69. The van der Waals surface area contributed by atoms with Crippen molar-refractivity contribution < 1.29 is 22.7 Å². The van der Waals surface area contributed by atoms with Crippen LogP contribution in [-0.4, -0.2) is 60.8 Å². The number of hydrogen-bond acceptors (Lipinski definition) is 5. The lowest BCUT2D eigenvalue weighted by Gasteiger charge is -2.33. The van der Waals surface area contributed by atoms with Gasteiger partial charge in [-0.15, -0.1) is 0 Å². The normalized spacial score (nSPS) is 17.1. The summed E-state index contributed by atoms with van der Waals surface area (Å²) >= 11 is 0. The minimum absolute atomic E-state index is 0.0216. The molecule has 1 saturated heterocycles. The zero-order chi connectivity index (χ0) is 24.3. The van der Waals surface area contributed by atoms with Crippen molar-refractivity contribution in [2.24, 2.45) is 13.0 Å². The standard InChI is InChI=1S/C24H33N3O5S/c1-6-32-24(29)21-17(2)26(5)18(3)22(21)33(30,31)27-14-10-13-20(16-27)23(28)25(4)15-19-11-8-7-9-12-19/h7-9,11-12,20H,6,10,13-16H2,1-5H3/t20-/m1/s1. The Morgan fingerprint density at radius 1 is 1.15 bits per heavy atom. The minimum atomic E-state index is -4.00. The van der Waals surface area contributed by atoms with E-state index < -0.39 is 21.9 Å². The Balaban J connectivity index is 1.86. The fourth-order valence-electron chi connectivity index (χ4n) is 4.41. The Morgan fingerprint density at radius 2 is 1.82 bits per heavy atom. The molecule has 180 valence electrons. The van der Waals surface area contributed by atoms with Gasteiger partial charge in [0, 0.05) is 45.1 Å². The fourth-order valence-corrected chi connectivity index (χ4v) is 6.42. The largest absolute Gasteiger partial charge is 0.462 e. The minimum Gasteiger partial charge on any atom is -0.462 e. The molecule has 1 aromatic heterocycles. The van der Waals surface area contributed by atoms with Crippen LogP contribution >= 0.6 is 0 Å². The van der Waals surface area contributed by atoms with E-state index in [0.717, 1.165) is 5.56 Å². The highest BCUT2D eigenvalue weighted by atomic mass is 32.2. The Labute approximate surface area is 196 Å². The van der Waals surface area contributed by atoms with E-state index in [0.29, 0.717) is 37.3 Å². The number of carbonyl (C=O) groups excluding carboxylic acids is 2. The van der Waals surface area contributed by atoms with Gasteiger partial charge in [0.15, 0.2) is 0 Å². The molecule has 0 radical (unpaired) electrons. The predicted molar refractivity (Wildman–Crippen MR) is 125 cm³/mol. The average molecular weight is 476 g/mol. The third-order valence-electron chi connectivity index (χ3n) is 6.37. The van der Waals surface area contributed by atoms with E-state index in [9.17, 15) is 18.0 Å². The van der Waals surface area contributed by atoms with E-state index in [2.05, 4.69) is 0 Å². The van der Waals surface area contributed by atoms with Crippen LogP contribution in [0.3, 0.4) is 0 Å². The van der Waals surface area contributed by atoms with Gasteiger partial charge in [0.25, 0.3) is 0 Å². The second kappa shape index (κ2) is 10.1. The quantitative estimate of drug-likeness (QED) is 0.575. The van der Waals surface area contributed by atoms with Crippen LogP contribution in [0.2, 0.25) is 0 Å². The highest BCUT2D eigenvalue weighted by Gasteiger charge is 2.39. The van der Waals surface area contributed by atoms with Gasteiger partial charge in [-0.1, -0.05) is 30.3 Å². The van der Waals surface area contributed by atoms with Crippen molar-refractivity contribution in [1.29, 1.82) is 0 Å². The molecule has 0 aliphatic carbocycles. The number of nitrogens with zero attached hydrogens (tertiary/aromatic N) is 3. The lowest BCUT2D eigenvalue weighted by atomic mass is 9.98. The second-order valence-electron chi connectivity index (χ2n) is 8.54. The number of benzene rings is 1. The van der Waals surface area contributed by atoms with Crippen LogP contribution in [0, 0.1) is 19.8 Å². The molecule has 0 bridgehead atoms. The zero-order valence-corrected chi connectivity index (χ0v) is 20.8. The van der Waals surface area contributed by atoms with Crippen LogP contribution < -0.4 is 0 Å². The maximum atomic E-state index is 13.7. The van der Waals surface area contributed by atoms with E-state index in [1.165, 1.54) is 4.31 Å². The molecule has 1 aliphatic rings. The maximum Gasteiger partial charge on any atom is 0.341 e. The van der Waals surface area contributed by atoms with Crippen molar-refractivity contribution in [2.45, 2.75) is 45.1 Å². The molecule has 2 heterocycles. The molecule has 1 atom stereocenters. The Kier molecular flexibility index (Phi) is 7.64. The van der Waals surface area contributed by atoms with Crippen molar-refractivity contribution in [3.63, 3.8) is 0 Å². The van der Waals surface area contributed by atoms with Crippen LogP contribution in [0.4, 0.5) is 0 Å². The van der Waals surface area contributed by atoms with Crippen molar-refractivity contribution in [1.82, 2.24) is 13.8 Å². The average Bonchev–Trinajstić information content (AvgIpc) is 3.04. The highest BCUT2D eigenvalue weighted by molar-refractivity contribution is 7.89. The Hall–Kier alpha value is -2.65. The van der Waals surface area contributed by atoms with Crippen LogP contribution in [0.1, 0.15) is 47.1 Å². The predicted octanol–water partition coefficient (Wildman–Crippen LogP) is 2.88. The molecule has 1 aliphatic heterocycles. The van der Waals surface area contributed by atoms with Crippen molar-refractivity contribution in [3.05, 3.63) is 52.8 Å². The first kappa shape index (κ1) is 25.0. The molecule has 1 amide bonds. The smallest absolute Gasteiger partial charge is 0.341 e. The van der Waals surface area contributed by atoms with E-state index >= 15 is 0 Å². The number of piperidine rings is 1. The van der Waals surface area contributed by atoms with Crippen LogP contribution in [0.15, 0.2) is 35.2 Å². The van der Waals surface area contributed by atoms with Crippen LogP contribution in [-0.2, 0) is 33.1 Å². The summed E-state index contributed by atoms with van der Waals surface area (Å²) in [6.07, 6.45) is 1.20. The molecule has 8 nitrogen and oxygen atoms in total. The zero-order valence-electron chi connectivity index (χ0n) is 20.0. The summed E-state index contributed by atoms with van der Waals surface area (Å²) in [4.78, 5) is 27.4. The number of amides is 1. The number of carbonyl (C=O) groups is 2. The summed E-state index contributed by atoms with van der Waals surface area (Å²) in [7, 11) is -0.526. The summed E-state index contributed by atoms with van der Waals surface area (Å²) in [6.45, 7) is 6.10. The fraction of sp³-hybridized carbons (Fsp3) is 0.500. The molecule has 33 heavy (non-hydrogen) atoms. The summed E-state index contributed by atoms with van der Waals surface area (Å²) in [5, 5.41) is 0. The molecule has 2 aromatic rings. The third-order valence-corrected chi connectivity index (χ3v) is 8.40. The molecule has 0 saturated carbocycles. The first-order valence-corrected chi connectivity index (χ1v) is 12.7. The summed E-state index contributed by atoms with van der Waals surface area (Å²) in [5.74, 6) is -1.16. The summed E-state index contributed by atoms with van der Waals surface area (Å²) < 4.78 is 35.6. The van der Waals surface area contributed by atoms with Gasteiger partial charge in [-0.3, -0.25) is 4.79 Å². The Morgan fingerprint density at radius 3 is 2.45 bits per heavy atom. The molecule has 0 N–H and O–H groups in total. The van der Waals surface area contributed by atoms with Gasteiger partial charge in [0.05, 0.1) is 12.5 Å². The number of ether oxygens (including phenoxy) is 1. The first-order chi connectivity index (χ1) is 15.6. The molecule has 0 spiro atoms. The van der Waals surface area contributed by atoms with Crippen LogP contribution in [0.25, 0.3) is 0 Å². The van der Waals surface area contributed by atoms with Crippen molar-refractivity contribution in [3.8, 4) is 0 Å². The lowest BCUT2D eigenvalue weighted by molar-refractivity contribution is -0.135. The highest BCUT2D eigenvalue weighted by Crippen LogP contribution is 2.32. The molecule has 3 rings (SSSR count). The van der Waals surface area contributed by atoms with Gasteiger partial charge in [0.2, 0.25) is 15.9 Å². The van der Waals surface area contributed by atoms with E-state index in [1.54, 1.807) is 44.3 Å². The molecule has 1 aromatic carbocycles. The molecule has 9 heteroatoms. The van der Waals surface area contributed by atoms with E-state index in [4.69, 9.17) is 4.74 Å². The first-order valence-electron chi connectivity index (χ1n) is 11.2. The molecule has 1 fully saturated rings. The monoisotopic (exact) mass is 475 g/mol. The van der Waals surface area contributed by atoms with Gasteiger partial charge in [-0.2, -0.15) is 4.31 Å². The molecular weight excluding hydrogens is 442 g/mol. The number of rotatable bonds is 7. The number of aromatic nitrogens is 1. The SMILES string of the molecule is CCOC(=O)c1c(S(=O)(=O)N2CCC[C@@H](C(=O)N(C)Cc3ccccc3)C2)c(C)n(C)c1C. The second-order valence-corrected chi connectivity index (χ2v) is 10.4. The van der Waals surface area contributed by atoms with Crippen molar-refractivity contribution in [2.75, 3.05) is 26.7 Å². The lowest BCUT2D eigenvalue weighted by Crippen LogP contribution is -2.46. The van der Waals surface area contributed by atoms with Gasteiger partial charge in [0.1, 0.15) is 10.5 Å². The van der Waals surface area contributed by atoms with Crippen LogP contribution in [0.5, 0.6) is 0 Å². The van der Waals surface area contributed by atoms with Gasteiger partial charge in [-0.05, 0) is 39.2 Å². The van der Waals surface area contributed by atoms with E-state index in [1.807, 2.05) is 30.3 Å². The maximum absolute atomic E-state index is 13.7. The summed E-state index contributed by atoms with van der Waals surface area (Å²) in [5.41, 5.74) is 2.11. The topological polar surface area (TPSA) is 88.9 Å². The number of sulfonamides is 1. The van der Waals surface area contributed by atoms with Crippen molar-refractivity contribution >= 4 is 21.9 Å². The van der Waals surface area contributed by atoms with Gasteiger partial charge in [-0.25, -0.2) is 13.2 Å². The number of esters is 1. The van der Waals surface area contributed by atoms with Gasteiger partial charge < -0.3 is 14.2 Å². The molecule has 0 unspecified atom stereocenters. The third kappa shape index (κ3) is 4.99. The van der Waals surface area contributed by atoms with Gasteiger partial charge >= 0.3 is 5.97 Å².